The summed E-state index contributed by atoms with van der Waals surface area (Å²) >= 11 is 0. The van der Waals surface area contributed by atoms with Crippen LogP contribution in [0.3, 0.4) is 0 Å². The largest absolute Gasteiger partial charge is 0.342 e. The first-order valence-corrected chi connectivity index (χ1v) is 8.14. The SMILES string of the molecule is CCN(CC1CCCNC1)C(=O)Cc1cc(C)ccc1C. The Hall–Kier alpha value is -1.35. The standard InChI is InChI=1S/C18H28N2O/c1-4-20(13-16-6-5-9-19-12-16)18(21)11-17-10-14(2)7-8-15(17)3/h7-8,10,16,19H,4-6,9,11-13H2,1-3H3. The van der Waals surface area contributed by atoms with E-state index >= 15 is 0 Å². The number of carbonyl (C=O) groups excluding carboxylic acids is 1. The second-order valence-corrected chi connectivity index (χ2v) is 6.25. The van der Waals surface area contributed by atoms with Crippen LogP contribution in [0.5, 0.6) is 0 Å². The van der Waals surface area contributed by atoms with Gasteiger partial charge in [-0.15, -0.1) is 0 Å². The maximum absolute atomic E-state index is 12.6. The van der Waals surface area contributed by atoms with E-state index in [0.717, 1.165) is 26.2 Å². The van der Waals surface area contributed by atoms with E-state index in [2.05, 4.69) is 44.3 Å². The molecule has 1 aliphatic rings. The number of amides is 1. The second kappa shape index (κ2) is 7.60. The molecule has 1 fully saturated rings. The maximum Gasteiger partial charge on any atom is 0.227 e. The molecule has 3 heteroatoms. The van der Waals surface area contributed by atoms with Crippen LogP contribution in [0, 0.1) is 19.8 Å². The zero-order chi connectivity index (χ0) is 15.2. The molecule has 0 bridgehead atoms. The van der Waals surface area contributed by atoms with E-state index in [4.69, 9.17) is 0 Å². The van der Waals surface area contributed by atoms with E-state index in [1.54, 1.807) is 0 Å². The molecular formula is C18H28N2O. The second-order valence-electron chi connectivity index (χ2n) is 6.25. The molecular weight excluding hydrogens is 260 g/mol. The number of piperidine rings is 1. The molecule has 0 radical (unpaired) electrons. The maximum atomic E-state index is 12.6. The van der Waals surface area contributed by atoms with E-state index in [0.29, 0.717) is 12.3 Å². The Labute approximate surface area is 128 Å². The molecule has 1 aromatic carbocycles. The third kappa shape index (κ3) is 4.57. The van der Waals surface area contributed by atoms with Gasteiger partial charge in [0.15, 0.2) is 0 Å². The summed E-state index contributed by atoms with van der Waals surface area (Å²) < 4.78 is 0. The van der Waals surface area contributed by atoms with Gasteiger partial charge in [-0.05, 0) is 63.7 Å². The van der Waals surface area contributed by atoms with E-state index < -0.39 is 0 Å². The molecule has 0 spiro atoms. The third-order valence-electron chi connectivity index (χ3n) is 4.46. The monoisotopic (exact) mass is 288 g/mol. The quantitative estimate of drug-likeness (QED) is 0.903. The van der Waals surface area contributed by atoms with Crippen LogP contribution in [0.15, 0.2) is 18.2 Å². The Kier molecular flexibility index (Phi) is 5.80. The average Bonchev–Trinajstić information content (AvgIpc) is 2.49. The molecule has 1 amide bonds. The fourth-order valence-corrected chi connectivity index (χ4v) is 3.06. The number of likely N-dealkylation sites (N-methyl/N-ethyl adjacent to an activating group) is 1. The lowest BCUT2D eigenvalue weighted by Crippen LogP contribution is -2.41. The van der Waals surface area contributed by atoms with Crippen molar-refractivity contribution in [1.82, 2.24) is 10.2 Å². The smallest absolute Gasteiger partial charge is 0.227 e. The lowest BCUT2D eigenvalue weighted by molar-refractivity contribution is -0.131. The first kappa shape index (κ1) is 16.0. The Bertz CT molecular complexity index is 478. The highest BCUT2D eigenvalue weighted by Crippen LogP contribution is 2.15. The van der Waals surface area contributed by atoms with Crippen molar-refractivity contribution in [1.29, 1.82) is 0 Å². The fraction of sp³-hybridized carbons (Fsp3) is 0.611. The van der Waals surface area contributed by atoms with E-state index in [-0.39, 0.29) is 5.91 Å². The van der Waals surface area contributed by atoms with Gasteiger partial charge >= 0.3 is 0 Å². The zero-order valence-corrected chi connectivity index (χ0v) is 13.6. The summed E-state index contributed by atoms with van der Waals surface area (Å²) in [6.07, 6.45) is 3.00. The highest BCUT2D eigenvalue weighted by molar-refractivity contribution is 5.79. The number of nitrogens with one attached hydrogen (secondary N) is 1. The molecule has 1 unspecified atom stereocenters. The van der Waals surface area contributed by atoms with Gasteiger partial charge in [0.05, 0.1) is 6.42 Å². The lowest BCUT2D eigenvalue weighted by atomic mass is 9.98. The first-order valence-electron chi connectivity index (χ1n) is 8.14. The van der Waals surface area contributed by atoms with Gasteiger partial charge in [0, 0.05) is 13.1 Å². The third-order valence-corrected chi connectivity index (χ3v) is 4.46. The molecule has 1 aliphatic heterocycles. The van der Waals surface area contributed by atoms with Gasteiger partial charge in [0.2, 0.25) is 5.91 Å². The number of hydrogen-bond acceptors (Lipinski definition) is 2. The number of rotatable bonds is 5. The minimum Gasteiger partial charge on any atom is -0.342 e. The van der Waals surface area contributed by atoms with Gasteiger partial charge in [-0.25, -0.2) is 0 Å². The van der Waals surface area contributed by atoms with Crippen LogP contribution in [0.2, 0.25) is 0 Å². The van der Waals surface area contributed by atoms with Crippen LogP contribution < -0.4 is 5.32 Å². The van der Waals surface area contributed by atoms with Crippen LogP contribution in [0.25, 0.3) is 0 Å². The summed E-state index contributed by atoms with van der Waals surface area (Å²) in [7, 11) is 0. The van der Waals surface area contributed by atoms with E-state index in [1.165, 1.54) is 29.5 Å². The topological polar surface area (TPSA) is 32.3 Å². The van der Waals surface area contributed by atoms with Crippen LogP contribution >= 0.6 is 0 Å². The number of hydrogen-bond donors (Lipinski definition) is 1. The van der Waals surface area contributed by atoms with Gasteiger partial charge in [-0.1, -0.05) is 23.8 Å². The minimum atomic E-state index is 0.261. The van der Waals surface area contributed by atoms with Crippen LogP contribution in [0.4, 0.5) is 0 Å². The highest BCUT2D eigenvalue weighted by Gasteiger charge is 2.20. The Morgan fingerprint density at radius 2 is 2.19 bits per heavy atom. The fourth-order valence-electron chi connectivity index (χ4n) is 3.06. The minimum absolute atomic E-state index is 0.261. The van der Waals surface area contributed by atoms with Crippen LogP contribution in [-0.2, 0) is 11.2 Å². The molecule has 1 heterocycles. The van der Waals surface area contributed by atoms with Crippen molar-refractivity contribution in [2.75, 3.05) is 26.2 Å². The van der Waals surface area contributed by atoms with Gasteiger partial charge in [0.25, 0.3) is 0 Å². The van der Waals surface area contributed by atoms with Crippen LogP contribution in [-0.4, -0.2) is 37.0 Å². The predicted octanol–water partition coefficient (Wildman–Crippen LogP) is 2.69. The summed E-state index contributed by atoms with van der Waals surface area (Å²) in [5.41, 5.74) is 3.60. The number of benzene rings is 1. The van der Waals surface area contributed by atoms with Crippen molar-refractivity contribution in [3.63, 3.8) is 0 Å². The number of nitrogens with zero attached hydrogens (tertiary/aromatic N) is 1. The van der Waals surface area contributed by atoms with Gasteiger partial charge < -0.3 is 10.2 Å². The molecule has 1 N–H and O–H groups in total. The van der Waals surface area contributed by atoms with Crippen molar-refractivity contribution < 1.29 is 4.79 Å². The molecule has 0 aliphatic carbocycles. The summed E-state index contributed by atoms with van der Waals surface area (Å²) in [5, 5.41) is 3.43. The molecule has 1 saturated heterocycles. The normalized spacial score (nSPS) is 18.5. The first-order chi connectivity index (χ1) is 10.1. The van der Waals surface area contributed by atoms with Crippen molar-refractivity contribution in [3.8, 4) is 0 Å². The zero-order valence-electron chi connectivity index (χ0n) is 13.6. The number of aryl methyl sites for hydroxylation is 2. The Morgan fingerprint density at radius 3 is 2.86 bits per heavy atom. The lowest BCUT2D eigenvalue weighted by Gasteiger charge is -2.29. The van der Waals surface area contributed by atoms with Crippen molar-refractivity contribution in [2.45, 2.75) is 40.0 Å². The van der Waals surface area contributed by atoms with Crippen LogP contribution in [0.1, 0.15) is 36.5 Å². The average molecular weight is 288 g/mol. The molecule has 0 aromatic heterocycles. The predicted molar refractivity (Wildman–Crippen MR) is 87.5 cm³/mol. The molecule has 116 valence electrons. The van der Waals surface area contributed by atoms with Gasteiger partial charge in [-0.2, -0.15) is 0 Å². The molecule has 2 rings (SSSR count). The molecule has 1 aromatic rings. The molecule has 1 atom stereocenters. The number of carbonyl (C=O) groups is 1. The highest BCUT2D eigenvalue weighted by atomic mass is 16.2. The summed E-state index contributed by atoms with van der Waals surface area (Å²) in [4.78, 5) is 14.6. The Balaban J connectivity index is 1.97. The Morgan fingerprint density at radius 1 is 1.38 bits per heavy atom. The van der Waals surface area contributed by atoms with Gasteiger partial charge in [0.1, 0.15) is 0 Å². The summed E-state index contributed by atoms with van der Waals surface area (Å²) in [5.74, 6) is 0.873. The van der Waals surface area contributed by atoms with E-state index in [9.17, 15) is 4.79 Å². The van der Waals surface area contributed by atoms with Crippen molar-refractivity contribution >= 4 is 5.91 Å². The summed E-state index contributed by atoms with van der Waals surface area (Å²) in [6, 6.07) is 6.36. The van der Waals surface area contributed by atoms with Crippen molar-refractivity contribution in [2.24, 2.45) is 5.92 Å². The molecule has 0 saturated carbocycles. The van der Waals surface area contributed by atoms with Gasteiger partial charge in [-0.3, -0.25) is 4.79 Å². The molecule has 3 nitrogen and oxygen atoms in total. The summed E-state index contributed by atoms with van der Waals surface area (Å²) in [6.45, 7) is 10.1. The van der Waals surface area contributed by atoms with E-state index in [1.807, 2.05) is 4.90 Å². The van der Waals surface area contributed by atoms with Crippen molar-refractivity contribution in [3.05, 3.63) is 34.9 Å². The molecule has 21 heavy (non-hydrogen) atoms.